The maximum Gasteiger partial charge on any atom is 0.246 e. The van der Waals surface area contributed by atoms with Crippen LogP contribution in [0.1, 0.15) is 19.4 Å². The number of nitrogens with one attached hydrogen (secondary N) is 1. The van der Waals surface area contributed by atoms with Crippen molar-refractivity contribution in [3.63, 3.8) is 0 Å². The van der Waals surface area contributed by atoms with Crippen molar-refractivity contribution in [1.82, 2.24) is 10.2 Å². The van der Waals surface area contributed by atoms with Crippen LogP contribution in [0, 0.1) is 0 Å². The zero-order valence-corrected chi connectivity index (χ0v) is 16.7. The number of hydrogen-bond donors (Lipinski definition) is 1. The number of nitrogens with zero attached hydrogens (tertiary/aromatic N) is 3. The first-order valence-corrected chi connectivity index (χ1v) is 11.3. The fourth-order valence-electron chi connectivity index (χ4n) is 2.17. The summed E-state index contributed by atoms with van der Waals surface area (Å²) in [5.74, 6) is 0.402. The Labute approximate surface area is 155 Å². The molecule has 7 nitrogen and oxygen atoms in total. The maximum atomic E-state index is 12.3. The highest BCUT2D eigenvalue weighted by molar-refractivity contribution is 8.01. The quantitative estimate of drug-likeness (QED) is 0.541. The number of aromatic nitrogens is 2. The SMILES string of the molecule is CCSc1nnc(NC(=O)CN(c2ccccc2CC)S(C)(=O)=O)s1. The Hall–Kier alpha value is -1.65. The average molecular weight is 401 g/mol. The first-order valence-electron chi connectivity index (χ1n) is 7.67. The van der Waals surface area contributed by atoms with Gasteiger partial charge in [-0.2, -0.15) is 0 Å². The van der Waals surface area contributed by atoms with E-state index in [1.54, 1.807) is 12.1 Å². The molecule has 0 saturated heterocycles. The molecule has 136 valence electrons. The van der Waals surface area contributed by atoms with Crippen LogP contribution in [-0.2, 0) is 21.2 Å². The predicted octanol–water partition coefficient (Wildman–Crippen LogP) is 2.62. The van der Waals surface area contributed by atoms with Crippen LogP contribution in [0.5, 0.6) is 0 Å². The smallest absolute Gasteiger partial charge is 0.246 e. The second-order valence-electron chi connectivity index (χ2n) is 5.11. The zero-order chi connectivity index (χ0) is 18.4. The molecule has 1 N–H and O–H groups in total. The van der Waals surface area contributed by atoms with Gasteiger partial charge in [0.2, 0.25) is 21.1 Å². The largest absolute Gasteiger partial charge is 0.299 e. The summed E-state index contributed by atoms with van der Waals surface area (Å²) in [7, 11) is -3.61. The molecular formula is C15H20N4O3S3. The van der Waals surface area contributed by atoms with Gasteiger partial charge >= 0.3 is 0 Å². The summed E-state index contributed by atoms with van der Waals surface area (Å²) >= 11 is 2.80. The Morgan fingerprint density at radius 1 is 1.28 bits per heavy atom. The lowest BCUT2D eigenvalue weighted by Gasteiger charge is -2.23. The summed E-state index contributed by atoms with van der Waals surface area (Å²) in [6, 6.07) is 7.15. The molecular weight excluding hydrogens is 380 g/mol. The highest BCUT2D eigenvalue weighted by atomic mass is 32.2. The summed E-state index contributed by atoms with van der Waals surface area (Å²) in [6.07, 6.45) is 1.76. The third-order valence-electron chi connectivity index (χ3n) is 3.25. The van der Waals surface area contributed by atoms with E-state index < -0.39 is 15.9 Å². The number of sulfonamides is 1. The molecule has 0 bridgehead atoms. The second-order valence-corrected chi connectivity index (χ2v) is 9.50. The van der Waals surface area contributed by atoms with Gasteiger partial charge in [-0.25, -0.2) is 8.42 Å². The van der Waals surface area contributed by atoms with Crippen molar-refractivity contribution in [2.45, 2.75) is 24.6 Å². The molecule has 0 atom stereocenters. The van der Waals surface area contributed by atoms with Gasteiger partial charge in [-0.05, 0) is 23.8 Å². The molecule has 0 fully saturated rings. The summed E-state index contributed by atoms with van der Waals surface area (Å²) in [5.41, 5.74) is 1.38. The van der Waals surface area contributed by atoms with Crippen molar-refractivity contribution in [3.05, 3.63) is 29.8 Å². The number of aryl methyl sites for hydroxylation is 1. The number of para-hydroxylation sites is 1. The van der Waals surface area contributed by atoms with Gasteiger partial charge in [0.25, 0.3) is 0 Å². The lowest BCUT2D eigenvalue weighted by Crippen LogP contribution is -2.38. The van der Waals surface area contributed by atoms with Gasteiger partial charge in [0.1, 0.15) is 6.54 Å². The Morgan fingerprint density at radius 3 is 2.64 bits per heavy atom. The van der Waals surface area contributed by atoms with Crippen molar-refractivity contribution in [3.8, 4) is 0 Å². The van der Waals surface area contributed by atoms with E-state index in [-0.39, 0.29) is 6.54 Å². The molecule has 0 unspecified atom stereocenters. The third-order valence-corrected chi connectivity index (χ3v) is 6.23. The Kier molecular flexibility index (Phi) is 6.79. The van der Waals surface area contributed by atoms with E-state index in [9.17, 15) is 13.2 Å². The first-order chi connectivity index (χ1) is 11.8. The average Bonchev–Trinajstić information content (AvgIpc) is 2.99. The van der Waals surface area contributed by atoms with Crippen LogP contribution in [0.25, 0.3) is 0 Å². The molecule has 25 heavy (non-hydrogen) atoms. The molecule has 2 rings (SSSR count). The number of rotatable bonds is 8. The maximum absolute atomic E-state index is 12.3. The third kappa shape index (κ3) is 5.41. The minimum Gasteiger partial charge on any atom is -0.299 e. The minimum atomic E-state index is -3.61. The van der Waals surface area contributed by atoms with Gasteiger partial charge in [0.15, 0.2) is 4.34 Å². The lowest BCUT2D eigenvalue weighted by atomic mass is 10.1. The van der Waals surface area contributed by atoms with E-state index in [4.69, 9.17) is 0 Å². The number of thioether (sulfide) groups is 1. The van der Waals surface area contributed by atoms with E-state index in [1.165, 1.54) is 23.1 Å². The van der Waals surface area contributed by atoms with Crippen LogP contribution in [-0.4, -0.2) is 43.1 Å². The van der Waals surface area contributed by atoms with Crippen molar-refractivity contribution < 1.29 is 13.2 Å². The molecule has 0 aliphatic rings. The highest BCUT2D eigenvalue weighted by Gasteiger charge is 2.23. The van der Waals surface area contributed by atoms with Crippen molar-refractivity contribution in [2.75, 3.05) is 28.2 Å². The number of carbonyl (C=O) groups is 1. The molecule has 1 aromatic heterocycles. The minimum absolute atomic E-state index is 0.314. The Bertz CT molecular complexity index is 836. The van der Waals surface area contributed by atoms with Crippen molar-refractivity contribution in [2.24, 2.45) is 0 Å². The van der Waals surface area contributed by atoms with Crippen LogP contribution in [0.2, 0.25) is 0 Å². The van der Waals surface area contributed by atoms with Gasteiger partial charge in [-0.1, -0.05) is 55.1 Å². The van der Waals surface area contributed by atoms with Gasteiger partial charge < -0.3 is 0 Å². The van der Waals surface area contributed by atoms with Crippen LogP contribution in [0.15, 0.2) is 28.6 Å². The highest BCUT2D eigenvalue weighted by Crippen LogP contribution is 2.26. The second kappa shape index (κ2) is 8.63. The van der Waals surface area contributed by atoms with Crippen LogP contribution >= 0.6 is 23.1 Å². The molecule has 0 spiro atoms. The summed E-state index contributed by atoms with van der Waals surface area (Å²) in [6.45, 7) is 3.62. The van der Waals surface area contributed by atoms with Gasteiger partial charge in [-0.15, -0.1) is 10.2 Å². The molecule has 0 aliphatic heterocycles. The van der Waals surface area contributed by atoms with Crippen LogP contribution in [0.4, 0.5) is 10.8 Å². The fraction of sp³-hybridized carbons (Fsp3) is 0.400. The molecule has 10 heteroatoms. The normalized spacial score (nSPS) is 11.3. The van der Waals surface area contributed by atoms with Gasteiger partial charge in [0, 0.05) is 0 Å². The monoisotopic (exact) mass is 400 g/mol. The number of benzene rings is 1. The molecule has 2 aromatic rings. The standard InChI is InChI=1S/C15H20N4O3S3/c1-4-11-8-6-7-9-12(11)19(25(3,21)22)10-13(20)16-14-17-18-15(24-14)23-5-2/h6-9H,4-5,10H2,1-3H3,(H,16,17,20). The predicted molar refractivity (Wildman–Crippen MR) is 103 cm³/mol. The zero-order valence-electron chi connectivity index (χ0n) is 14.2. The van der Waals surface area contributed by atoms with E-state index in [0.29, 0.717) is 17.2 Å². The lowest BCUT2D eigenvalue weighted by molar-refractivity contribution is -0.114. The number of hydrogen-bond acceptors (Lipinski definition) is 7. The topological polar surface area (TPSA) is 92.3 Å². The van der Waals surface area contributed by atoms with Crippen molar-refractivity contribution in [1.29, 1.82) is 0 Å². The van der Waals surface area contributed by atoms with Crippen LogP contribution < -0.4 is 9.62 Å². The summed E-state index contributed by atoms with van der Waals surface area (Å²) in [5, 5.41) is 10.8. The van der Waals surface area contributed by atoms with E-state index >= 15 is 0 Å². The molecule has 1 amide bonds. The Balaban J connectivity index is 2.18. The molecule has 0 saturated carbocycles. The fourth-order valence-corrected chi connectivity index (χ4v) is 4.72. The summed E-state index contributed by atoms with van der Waals surface area (Å²) in [4.78, 5) is 12.3. The first kappa shape index (κ1) is 19.7. The van der Waals surface area contributed by atoms with Crippen LogP contribution in [0.3, 0.4) is 0 Å². The van der Waals surface area contributed by atoms with Gasteiger partial charge in [-0.3, -0.25) is 14.4 Å². The van der Waals surface area contributed by atoms with E-state index in [0.717, 1.165) is 26.2 Å². The molecule has 1 aromatic carbocycles. The molecule has 0 aliphatic carbocycles. The number of anilines is 2. The van der Waals surface area contributed by atoms with E-state index in [1.807, 2.05) is 26.0 Å². The number of amides is 1. The molecule has 0 radical (unpaired) electrons. The number of carbonyl (C=O) groups excluding carboxylic acids is 1. The summed E-state index contributed by atoms with van der Waals surface area (Å²) < 4.78 is 26.3. The van der Waals surface area contributed by atoms with Gasteiger partial charge in [0.05, 0.1) is 11.9 Å². The van der Waals surface area contributed by atoms with Crippen molar-refractivity contribution >= 4 is 49.8 Å². The van der Waals surface area contributed by atoms with E-state index in [2.05, 4.69) is 15.5 Å². The Morgan fingerprint density at radius 2 is 2.00 bits per heavy atom. The molecule has 1 heterocycles.